The number of hydrogen-bond acceptors (Lipinski definition) is 4. The Bertz CT molecular complexity index is 940. The molecule has 1 amide bonds. The molecular formula is C23H26N4O. The summed E-state index contributed by atoms with van der Waals surface area (Å²) in [4.78, 5) is 23.7. The molecular weight excluding hydrogens is 348 g/mol. The number of nitrogens with one attached hydrogen (secondary N) is 1. The number of aryl methyl sites for hydroxylation is 2. The van der Waals surface area contributed by atoms with Gasteiger partial charge in [0.2, 0.25) is 0 Å². The first-order chi connectivity index (χ1) is 13.6. The monoisotopic (exact) mass is 374 g/mol. The molecule has 144 valence electrons. The zero-order valence-corrected chi connectivity index (χ0v) is 16.6. The molecule has 0 unspecified atom stereocenters. The second-order valence-corrected chi connectivity index (χ2v) is 6.77. The molecule has 0 aliphatic carbocycles. The fourth-order valence-electron chi connectivity index (χ4n) is 3.06. The van der Waals surface area contributed by atoms with Crippen molar-refractivity contribution < 1.29 is 4.79 Å². The number of aromatic nitrogens is 2. The molecule has 28 heavy (non-hydrogen) atoms. The lowest BCUT2D eigenvalue weighted by Crippen LogP contribution is -2.27. The van der Waals surface area contributed by atoms with Gasteiger partial charge >= 0.3 is 0 Å². The van der Waals surface area contributed by atoms with Crippen molar-refractivity contribution in [3.8, 4) is 0 Å². The molecule has 0 bridgehead atoms. The predicted molar refractivity (Wildman–Crippen MR) is 112 cm³/mol. The zero-order valence-electron chi connectivity index (χ0n) is 16.6. The highest BCUT2D eigenvalue weighted by molar-refractivity contribution is 5.92. The summed E-state index contributed by atoms with van der Waals surface area (Å²) in [5.74, 6) is 1.16. The maximum Gasteiger partial charge on any atom is 0.270 e. The lowest BCUT2D eigenvalue weighted by Gasteiger charge is -2.22. The van der Waals surface area contributed by atoms with Crippen molar-refractivity contribution in [1.29, 1.82) is 0 Å². The molecule has 3 rings (SSSR count). The van der Waals surface area contributed by atoms with Gasteiger partial charge in [0.15, 0.2) is 0 Å². The number of amides is 1. The van der Waals surface area contributed by atoms with Crippen LogP contribution in [0.15, 0.2) is 60.7 Å². The van der Waals surface area contributed by atoms with E-state index < -0.39 is 0 Å². The molecule has 0 aliphatic rings. The maximum atomic E-state index is 12.7. The van der Waals surface area contributed by atoms with Crippen LogP contribution in [0.3, 0.4) is 0 Å². The van der Waals surface area contributed by atoms with Crippen molar-refractivity contribution in [2.45, 2.75) is 33.9 Å². The molecule has 0 saturated heterocycles. The first-order valence-electron chi connectivity index (χ1n) is 9.54. The molecule has 2 aromatic carbocycles. The van der Waals surface area contributed by atoms with Gasteiger partial charge in [-0.25, -0.2) is 9.97 Å². The fraction of sp³-hybridized carbons (Fsp3) is 0.261. The fourth-order valence-corrected chi connectivity index (χ4v) is 3.06. The molecule has 1 N–H and O–H groups in total. The Morgan fingerprint density at radius 1 is 1.00 bits per heavy atom. The highest BCUT2D eigenvalue weighted by atomic mass is 16.1. The van der Waals surface area contributed by atoms with Gasteiger partial charge in [-0.3, -0.25) is 4.79 Å². The van der Waals surface area contributed by atoms with E-state index in [0.717, 1.165) is 30.0 Å². The van der Waals surface area contributed by atoms with Gasteiger partial charge in [0.1, 0.15) is 17.3 Å². The molecule has 5 nitrogen and oxygen atoms in total. The van der Waals surface area contributed by atoms with Crippen LogP contribution in [-0.2, 0) is 13.1 Å². The summed E-state index contributed by atoms with van der Waals surface area (Å²) in [6, 6.07) is 20.0. The summed E-state index contributed by atoms with van der Waals surface area (Å²) < 4.78 is 0. The number of anilines is 1. The minimum absolute atomic E-state index is 0.189. The van der Waals surface area contributed by atoms with Crippen molar-refractivity contribution in [1.82, 2.24) is 15.3 Å². The van der Waals surface area contributed by atoms with E-state index in [-0.39, 0.29) is 5.91 Å². The van der Waals surface area contributed by atoms with E-state index in [9.17, 15) is 4.79 Å². The number of benzene rings is 2. The van der Waals surface area contributed by atoms with Crippen LogP contribution < -0.4 is 10.2 Å². The van der Waals surface area contributed by atoms with Crippen LogP contribution in [0.2, 0.25) is 0 Å². The van der Waals surface area contributed by atoms with Gasteiger partial charge in [-0.1, -0.05) is 54.6 Å². The molecule has 3 aromatic rings. The van der Waals surface area contributed by atoms with Gasteiger partial charge in [0, 0.05) is 25.7 Å². The Morgan fingerprint density at radius 3 is 2.43 bits per heavy atom. The van der Waals surface area contributed by atoms with Gasteiger partial charge < -0.3 is 10.2 Å². The third kappa shape index (κ3) is 4.94. The second kappa shape index (κ2) is 9.13. The van der Waals surface area contributed by atoms with Crippen molar-refractivity contribution >= 4 is 11.7 Å². The van der Waals surface area contributed by atoms with E-state index in [0.29, 0.717) is 18.1 Å². The molecule has 0 aliphatic heterocycles. The highest BCUT2D eigenvalue weighted by Gasteiger charge is 2.14. The van der Waals surface area contributed by atoms with Gasteiger partial charge in [-0.2, -0.15) is 0 Å². The number of carbonyl (C=O) groups excluding carboxylic acids is 1. The Morgan fingerprint density at radius 2 is 1.71 bits per heavy atom. The predicted octanol–water partition coefficient (Wildman–Crippen LogP) is 4.05. The van der Waals surface area contributed by atoms with E-state index in [1.165, 1.54) is 5.56 Å². The molecule has 0 saturated carbocycles. The lowest BCUT2D eigenvalue weighted by molar-refractivity contribution is 0.0945. The second-order valence-electron chi connectivity index (χ2n) is 6.77. The van der Waals surface area contributed by atoms with Crippen LogP contribution in [0.25, 0.3) is 0 Å². The van der Waals surface area contributed by atoms with Crippen molar-refractivity contribution in [3.63, 3.8) is 0 Å². The summed E-state index contributed by atoms with van der Waals surface area (Å²) in [5, 5.41) is 2.97. The molecule has 0 fully saturated rings. The Balaban J connectivity index is 1.76. The minimum atomic E-state index is -0.189. The summed E-state index contributed by atoms with van der Waals surface area (Å²) >= 11 is 0. The number of nitrogens with zero attached hydrogens (tertiary/aromatic N) is 3. The van der Waals surface area contributed by atoms with Crippen molar-refractivity contribution in [2.75, 3.05) is 11.4 Å². The molecule has 0 atom stereocenters. The summed E-state index contributed by atoms with van der Waals surface area (Å²) in [5.41, 5.74) is 3.84. The first kappa shape index (κ1) is 19.5. The standard InChI is InChI=1S/C23H26N4O/c1-4-27(16-19-11-6-5-7-12-19)22-14-21(25-18(3)26-22)23(28)24-15-20-13-9-8-10-17(20)2/h5-14H,4,15-16H2,1-3H3,(H,24,28). The lowest BCUT2D eigenvalue weighted by atomic mass is 10.1. The average Bonchev–Trinajstić information content (AvgIpc) is 2.71. The third-order valence-corrected chi connectivity index (χ3v) is 4.68. The smallest absolute Gasteiger partial charge is 0.270 e. The van der Waals surface area contributed by atoms with Crippen LogP contribution in [0.4, 0.5) is 5.82 Å². The van der Waals surface area contributed by atoms with E-state index >= 15 is 0 Å². The Hall–Kier alpha value is -3.21. The molecule has 0 radical (unpaired) electrons. The van der Waals surface area contributed by atoms with Gasteiger partial charge in [-0.15, -0.1) is 0 Å². The number of carbonyl (C=O) groups is 1. The van der Waals surface area contributed by atoms with Crippen LogP contribution in [-0.4, -0.2) is 22.4 Å². The molecule has 1 heterocycles. The summed E-state index contributed by atoms with van der Waals surface area (Å²) in [6.07, 6.45) is 0. The van der Waals surface area contributed by atoms with Crippen LogP contribution >= 0.6 is 0 Å². The normalized spacial score (nSPS) is 10.5. The van der Waals surface area contributed by atoms with Gasteiger partial charge in [0.25, 0.3) is 5.91 Å². The minimum Gasteiger partial charge on any atom is -0.352 e. The maximum absolute atomic E-state index is 12.7. The molecule has 0 spiro atoms. The Labute approximate surface area is 166 Å². The van der Waals surface area contributed by atoms with E-state index in [4.69, 9.17) is 0 Å². The summed E-state index contributed by atoms with van der Waals surface area (Å²) in [7, 11) is 0. The van der Waals surface area contributed by atoms with Crippen molar-refractivity contribution in [2.24, 2.45) is 0 Å². The van der Waals surface area contributed by atoms with Crippen LogP contribution in [0, 0.1) is 13.8 Å². The highest BCUT2D eigenvalue weighted by Crippen LogP contribution is 2.16. The number of hydrogen-bond donors (Lipinski definition) is 1. The largest absolute Gasteiger partial charge is 0.352 e. The molecule has 1 aromatic heterocycles. The zero-order chi connectivity index (χ0) is 19.9. The van der Waals surface area contributed by atoms with E-state index in [1.54, 1.807) is 6.07 Å². The molecule has 5 heteroatoms. The van der Waals surface area contributed by atoms with Crippen LogP contribution in [0.1, 0.15) is 39.9 Å². The topological polar surface area (TPSA) is 58.1 Å². The first-order valence-corrected chi connectivity index (χ1v) is 9.54. The average molecular weight is 374 g/mol. The Kier molecular flexibility index (Phi) is 6.37. The van der Waals surface area contributed by atoms with Gasteiger partial charge in [0.05, 0.1) is 0 Å². The number of rotatable bonds is 7. The van der Waals surface area contributed by atoms with Gasteiger partial charge in [-0.05, 0) is 37.5 Å². The van der Waals surface area contributed by atoms with E-state index in [2.05, 4.69) is 39.2 Å². The van der Waals surface area contributed by atoms with Crippen LogP contribution in [0.5, 0.6) is 0 Å². The summed E-state index contributed by atoms with van der Waals surface area (Å²) in [6.45, 7) is 7.94. The van der Waals surface area contributed by atoms with E-state index in [1.807, 2.05) is 56.3 Å². The SMILES string of the molecule is CCN(Cc1ccccc1)c1cc(C(=O)NCc2ccccc2C)nc(C)n1. The quantitative estimate of drug-likeness (QED) is 0.678. The van der Waals surface area contributed by atoms with Crippen molar-refractivity contribution in [3.05, 3.63) is 88.9 Å². The third-order valence-electron chi connectivity index (χ3n) is 4.68.